The van der Waals surface area contributed by atoms with Crippen molar-refractivity contribution in [1.82, 2.24) is 9.97 Å². The number of nitrogens with zero attached hydrogens (tertiary/aromatic N) is 3. The van der Waals surface area contributed by atoms with Crippen LogP contribution in [0.4, 0.5) is 5.95 Å². The molecule has 4 rings (SSSR count). The normalized spacial score (nSPS) is 16.7. The number of hydrogen-bond donors (Lipinski definition) is 1. The second-order valence-corrected chi connectivity index (χ2v) is 5.42. The highest BCUT2D eigenvalue weighted by Crippen LogP contribution is 2.35. The number of benzene rings is 1. The van der Waals surface area contributed by atoms with Gasteiger partial charge in [0.25, 0.3) is 0 Å². The molecule has 7 nitrogen and oxygen atoms in total. The minimum atomic E-state index is 0.260. The van der Waals surface area contributed by atoms with Crippen LogP contribution in [0.25, 0.3) is 11.3 Å². The molecule has 1 aromatic carbocycles. The van der Waals surface area contributed by atoms with Crippen LogP contribution in [0.2, 0.25) is 0 Å². The predicted octanol–water partition coefficient (Wildman–Crippen LogP) is 1.17. The average Bonchev–Trinajstić information content (AvgIpc) is 3.09. The number of morpholine rings is 1. The van der Waals surface area contributed by atoms with E-state index in [1.165, 1.54) is 0 Å². The van der Waals surface area contributed by atoms with Gasteiger partial charge in [0.15, 0.2) is 11.5 Å². The molecule has 0 aliphatic carbocycles. The third kappa shape index (κ3) is 2.80. The number of ether oxygens (including phenoxy) is 3. The van der Waals surface area contributed by atoms with E-state index in [9.17, 15) is 0 Å². The maximum absolute atomic E-state index is 5.81. The molecular formula is C16H18N4O3. The van der Waals surface area contributed by atoms with Gasteiger partial charge in [0, 0.05) is 25.2 Å². The van der Waals surface area contributed by atoms with E-state index >= 15 is 0 Å². The van der Waals surface area contributed by atoms with Crippen molar-refractivity contribution in [2.45, 2.75) is 6.54 Å². The number of nitrogens with two attached hydrogens (primary N) is 1. The monoisotopic (exact) mass is 314 g/mol. The first-order valence-corrected chi connectivity index (χ1v) is 7.64. The van der Waals surface area contributed by atoms with Crippen LogP contribution in [-0.2, 0) is 11.3 Å². The predicted molar refractivity (Wildman–Crippen MR) is 84.5 cm³/mol. The van der Waals surface area contributed by atoms with Crippen LogP contribution in [0, 0.1) is 0 Å². The summed E-state index contributed by atoms with van der Waals surface area (Å²) in [6.45, 7) is 3.58. The lowest BCUT2D eigenvalue weighted by Crippen LogP contribution is -2.37. The third-order valence-corrected chi connectivity index (χ3v) is 3.94. The minimum absolute atomic E-state index is 0.260. The van der Waals surface area contributed by atoms with E-state index in [2.05, 4.69) is 9.88 Å². The molecule has 0 atom stereocenters. The molecule has 2 N–H and O–H groups in total. The molecule has 3 heterocycles. The molecule has 0 unspecified atom stereocenters. The molecule has 2 aliphatic rings. The van der Waals surface area contributed by atoms with Crippen LogP contribution in [-0.4, -0.2) is 43.1 Å². The van der Waals surface area contributed by atoms with Crippen molar-refractivity contribution >= 4 is 5.95 Å². The molecule has 120 valence electrons. The fraction of sp³-hybridized carbons (Fsp3) is 0.375. The van der Waals surface area contributed by atoms with E-state index in [4.69, 9.17) is 24.9 Å². The summed E-state index contributed by atoms with van der Waals surface area (Å²) >= 11 is 0. The largest absolute Gasteiger partial charge is 0.454 e. The van der Waals surface area contributed by atoms with E-state index in [0.29, 0.717) is 25.7 Å². The first-order chi connectivity index (χ1) is 11.3. The zero-order valence-electron chi connectivity index (χ0n) is 12.7. The highest BCUT2D eigenvalue weighted by Gasteiger charge is 2.18. The summed E-state index contributed by atoms with van der Waals surface area (Å²) < 4.78 is 16.2. The maximum atomic E-state index is 5.81. The van der Waals surface area contributed by atoms with E-state index in [-0.39, 0.29) is 6.79 Å². The Labute approximate surface area is 134 Å². The SMILES string of the molecule is NCc1cc(-c2ccc3c(c2)OCO3)nc(N2CCOCC2)n1. The van der Waals surface area contributed by atoms with Crippen molar-refractivity contribution < 1.29 is 14.2 Å². The number of anilines is 1. The van der Waals surface area contributed by atoms with Gasteiger partial charge in [-0.15, -0.1) is 0 Å². The zero-order chi connectivity index (χ0) is 15.6. The Bertz CT molecular complexity index is 716. The number of fused-ring (bicyclic) bond motifs is 1. The Morgan fingerprint density at radius 2 is 1.87 bits per heavy atom. The Morgan fingerprint density at radius 1 is 1.04 bits per heavy atom. The molecule has 1 fully saturated rings. The van der Waals surface area contributed by atoms with Gasteiger partial charge in [-0.2, -0.15) is 0 Å². The maximum Gasteiger partial charge on any atom is 0.231 e. The highest BCUT2D eigenvalue weighted by atomic mass is 16.7. The fourth-order valence-corrected chi connectivity index (χ4v) is 2.70. The molecule has 0 spiro atoms. The summed E-state index contributed by atoms with van der Waals surface area (Å²) in [5.74, 6) is 2.20. The van der Waals surface area contributed by atoms with Crippen molar-refractivity contribution in [1.29, 1.82) is 0 Å². The van der Waals surface area contributed by atoms with Crippen LogP contribution in [0.1, 0.15) is 5.69 Å². The van der Waals surface area contributed by atoms with Gasteiger partial charge in [0.05, 0.1) is 24.6 Å². The summed E-state index contributed by atoms with van der Waals surface area (Å²) in [6, 6.07) is 7.73. The van der Waals surface area contributed by atoms with Crippen LogP contribution in [0.3, 0.4) is 0 Å². The number of rotatable bonds is 3. The van der Waals surface area contributed by atoms with Crippen molar-refractivity contribution in [3.05, 3.63) is 30.0 Å². The second kappa shape index (κ2) is 6.02. The molecule has 1 aromatic heterocycles. The van der Waals surface area contributed by atoms with Crippen LogP contribution >= 0.6 is 0 Å². The third-order valence-electron chi connectivity index (χ3n) is 3.94. The lowest BCUT2D eigenvalue weighted by atomic mass is 10.1. The number of aromatic nitrogens is 2. The zero-order valence-corrected chi connectivity index (χ0v) is 12.7. The molecule has 0 radical (unpaired) electrons. The van der Waals surface area contributed by atoms with Crippen molar-refractivity contribution in [2.24, 2.45) is 5.73 Å². The Hall–Kier alpha value is -2.38. The minimum Gasteiger partial charge on any atom is -0.454 e. The van der Waals surface area contributed by atoms with Gasteiger partial charge in [-0.05, 0) is 24.3 Å². The van der Waals surface area contributed by atoms with Crippen LogP contribution < -0.4 is 20.1 Å². The molecular weight excluding hydrogens is 296 g/mol. The van der Waals surface area contributed by atoms with Gasteiger partial charge in [0.1, 0.15) is 0 Å². The van der Waals surface area contributed by atoms with Gasteiger partial charge < -0.3 is 24.8 Å². The summed E-state index contributed by atoms with van der Waals surface area (Å²) in [5.41, 5.74) is 8.41. The molecule has 2 aromatic rings. The van der Waals surface area contributed by atoms with E-state index in [0.717, 1.165) is 41.5 Å². The van der Waals surface area contributed by atoms with E-state index < -0.39 is 0 Å². The lowest BCUT2D eigenvalue weighted by molar-refractivity contribution is 0.122. The van der Waals surface area contributed by atoms with E-state index in [1.807, 2.05) is 24.3 Å². The van der Waals surface area contributed by atoms with Gasteiger partial charge >= 0.3 is 0 Å². The molecule has 1 saturated heterocycles. The molecule has 0 bridgehead atoms. The first-order valence-electron chi connectivity index (χ1n) is 7.64. The standard InChI is InChI=1S/C16H18N4O3/c17-9-12-8-13(11-1-2-14-15(7-11)23-10-22-14)19-16(18-12)20-3-5-21-6-4-20/h1-2,7-8H,3-6,9-10,17H2. The van der Waals surface area contributed by atoms with Gasteiger partial charge in [-0.3, -0.25) is 0 Å². The number of hydrogen-bond acceptors (Lipinski definition) is 7. The van der Waals surface area contributed by atoms with Crippen molar-refractivity contribution in [2.75, 3.05) is 38.0 Å². The molecule has 0 amide bonds. The second-order valence-electron chi connectivity index (χ2n) is 5.42. The lowest BCUT2D eigenvalue weighted by Gasteiger charge is -2.27. The Balaban J connectivity index is 1.72. The average molecular weight is 314 g/mol. The molecule has 2 aliphatic heterocycles. The van der Waals surface area contributed by atoms with Crippen LogP contribution in [0.15, 0.2) is 24.3 Å². The first kappa shape index (κ1) is 14.2. The smallest absolute Gasteiger partial charge is 0.231 e. The Morgan fingerprint density at radius 3 is 2.70 bits per heavy atom. The fourth-order valence-electron chi connectivity index (χ4n) is 2.70. The summed E-state index contributed by atoms with van der Waals surface area (Å²) in [6.07, 6.45) is 0. The summed E-state index contributed by atoms with van der Waals surface area (Å²) in [5, 5.41) is 0. The highest BCUT2D eigenvalue weighted by molar-refractivity contribution is 5.65. The summed E-state index contributed by atoms with van der Waals surface area (Å²) in [7, 11) is 0. The topological polar surface area (TPSA) is 82.7 Å². The molecule has 23 heavy (non-hydrogen) atoms. The van der Waals surface area contributed by atoms with Crippen molar-refractivity contribution in [3.63, 3.8) is 0 Å². The van der Waals surface area contributed by atoms with Crippen LogP contribution in [0.5, 0.6) is 11.5 Å². The van der Waals surface area contributed by atoms with E-state index in [1.54, 1.807) is 0 Å². The van der Waals surface area contributed by atoms with Gasteiger partial charge in [0.2, 0.25) is 12.7 Å². The quantitative estimate of drug-likeness (QED) is 0.910. The Kier molecular flexibility index (Phi) is 3.72. The van der Waals surface area contributed by atoms with Crippen molar-refractivity contribution in [3.8, 4) is 22.8 Å². The molecule has 7 heteroatoms. The van der Waals surface area contributed by atoms with Gasteiger partial charge in [-0.25, -0.2) is 9.97 Å². The summed E-state index contributed by atoms with van der Waals surface area (Å²) in [4.78, 5) is 11.4. The van der Waals surface area contributed by atoms with Gasteiger partial charge in [-0.1, -0.05) is 0 Å². The molecule has 0 saturated carbocycles.